The van der Waals surface area contributed by atoms with Crippen LogP contribution in [0, 0.1) is 6.92 Å². The van der Waals surface area contributed by atoms with Crippen LogP contribution in [-0.2, 0) is 6.42 Å². The van der Waals surface area contributed by atoms with Gasteiger partial charge in [0, 0.05) is 13.5 Å². The molecule has 102 valence electrons. The fraction of sp³-hybridized carbons (Fsp3) is 0.200. The van der Waals surface area contributed by atoms with Crippen molar-refractivity contribution in [2.24, 2.45) is 0 Å². The highest BCUT2D eigenvalue weighted by molar-refractivity contribution is 7.12. The third-order valence-electron chi connectivity index (χ3n) is 3.00. The third-order valence-corrected chi connectivity index (χ3v) is 3.87. The Balaban J connectivity index is 1.61. The van der Waals surface area contributed by atoms with E-state index in [-0.39, 0.29) is 5.91 Å². The smallest absolute Gasteiger partial charge is 0.261 e. The molecule has 5 heteroatoms. The lowest BCUT2D eigenvalue weighted by atomic mass is 10.1. The summed E-state index contributed by atoms with van der Waals surface area (Å²) in [5.41, 5.74) is 2.79. The second-order valence-corrected chi connectivity index (χ2v) is 5.47. The number of aryl methyl sites for hydroxylation is 1. The van der Waals surface area contributed by atoms with Crippen LogP contribution in [0.3, 0.4) is 0 Å². The lowest BCUT2D eigenvalue weighted by Crippen LogP contribution is -2.24. The molecule has 0 bridgehead atoms. The Morgan fingerprint density at radius 2 is 2.30 bits per heavy atom. The van der Waals surface area contributed by atoms with Crippen molar-refractivity contribution < 1.29 is 9.21 Å². The molecular weight excluding hydrogens is 272 g/mol. The topological polar surface area (TPSA) is 55.1 Å². The summed E-state index contributed by atoms with van der Waals surface area (Å²) < 4.78 is 5.50. The summed E-state index contributed by atoms with van der Waals surface area (Å²) in [5.74, 6) is 0.653. The van der Waals surface area contributed by atoms with Gasteiger partial charge in [-0.05, 0) is 35.6 Å². The third kappa shape index (κ3) is 2.72. The number of carbonyl (C=O) groups excluding carboxylic acids is 1. The Morgan fingerprint density at radius 1 is 1.40 bits per heavy atom. The molecule has 0 unspecified atom stereocenters. The van der Waals surface area contributed by atoms with E-state index in [4.69, 9.17) is 4.42 Å². The number of aromatic nitrogens is 1. The predicted octanol–water partition coefficient (Wildman–Crippen LogP) is 3.17. The van der Waals surface area contributed by atoms with E-state index in [1.807, 2.05) is 42.6 Å². The van der Waals surface area contributed by atoms with E-state index in [9.17, 15) is 4.79 Å². The lowest BCUT2D eigenvalue weighted by Gasteiger charge is -2.03. The highest BCUT2D eigenvalue weighted by Gasteiger charge is 2.06. The summed E-state index contributed by atoms with van der Waals surface area (Å²) in [4.78, 5) is 16.8. The minimum atomic E-state index is -0.0170. The van der Waals surface area contributed by atoms with Gasteiger partial charge in [-0.2, -0.15) is 0 Å². The van der Waals surface area contributed by atoms with Crippen LogP contribution in [0.5, 0.6) is 0 Å². The van der Waals surface area contributed by atoms with Crippen LogP contribution < -0.4 is 5.32 Å². The van der Waals surface area contributed by atoms with Crippen molar-refractivity contribution in [2.75, 3.05) is 6.54 Å². The standard InChI is InChI=1S/C15H14N2O2S/c1-10-17-12-5-4-11(9-13(12)19-10)6-7-16-15(18)14-3-2-8-20-14/h2-5,8-9H,6-7H2,1H3,(H,16,18). The van der Waals surface area contributed by atoms with Gasteiger partial charge in [0.15, 0.2) is 11.5 Å². The Labute approximate surface area is 120 Å². The molecule has 0 saturated carbocycles. The largest absolute Gasteiger partial charge is 0.441 e. The SMILES string of the molecule is Cc1nc2ccc(CCNC(=O)c3cccs3)cc2o1. The van der Waals surface area contributed by atoms with E-state index >= 15 is 0 Å². The Morgan fingerprint density at radius 3 is 3.10 bits per heavy atom. The Hall–Kier alpha value is -2.14. The minimum absolute atomic E-state index is 0.0170. The van der Waals surface area contributed by atoms with Gasteiger partial charge in [-0.1, -0.05) is 12.1 Å². The quantitative estimate of drug-likeness (QED) is 0.801. The van der Waals surface area contributed by atoms with Crippen LogP contribution in [0.1, 0.15) is 21.1 Å². The van der Waals surface area contributed by atoms with E-state index in [2.05, 4.69) is 10.3 Å². The van der Waals surface area contributed by atoms with E-state index in [0.717, 1.165) is 28.0 Å². The maximum absolute atomic E-state index is 11.8. The van der Waals surface area contributed by atoms with Gasteiger partial charge >= 0.3 is 0 Å². The molecule has 0 atom stereocenters. The van der Waals surface area contributed by atoms with E-state index in [1.165, 1.54) is 11.3 Å². The second-order valence-electron chi connectivity index (χ2n) is 4.52. The number of benzene rings is 1. The van der Waals surface area contributed by atoms with Crippen molar-refractivity contribution in [1.29, 1.82) is 0 Å². The van der Waals surface area contributed by atoms with Gasteiger partial charge in [-0.25, -0.2) is 4.98 Å². The number of thiophene rings is 1. The molecule has 4 nitrogen and oxygen atoms in total. The summed E-state index contributed by atoms with van der Waals surface area (Å²) in [7, 11) is 0. The van der Waals surface area contributed by atoms with Crippen LogP contribution in [-0.4, -0.2) is 17.4 Å². The summed E-state index contributed by atoms with van der Waals surface area (Å²) in [6.07, 6.45) is 0.771. The van der Waals surface area contributed by atoms with Crippen LogP contribution in [0.25, 0.3) is 11.1 Å². The van der Waals surface area contributed by atoms with E-state index in [0.29, 0.717) is 12.4 Å². The zero-order chi connectivity index (χ0) is 13.9. The maximum Gasteiger partial charge on any atom is 0.261 e. The molecule has 3 rings (SSSR count). The monoisotopic (exact) mass is 286 g/mol. The molecule has 1 amide bonds. The molecule has 2 aromatic heterocycles. The fourth-order valence-electron chi connectivity index (χ4n) is 2.05. The molecule has 0 saturated heterocycles. The highest BCUT2D eigenvalue weighted by atomic mass is 32.1. The van der Waals surface area contributed by atoms with Crippen molar-refractivity contribution in [3.8, 4) is 0 Å². The van der Waals surface area contributed by atoms with Crippen LogP contribution in [0.2, 0.25) is 0 Å². The minimum Gasteiger partial charge on any atom is -0.441 e. The van der Waals surface area contributed by atoms with Crippen molar-refractivity contribution in [1.82, 2.24) is 10.3 Å². The molecule has 2 heterocycles. The Kier molecular flexibility index (Phi) is 3.52. The Bertz CT molecular complexity index is 732. The molecule has 0 radical (unpaired) electrons. The van der Waals surface area contributed by atoms with Gasteiger partial charge < -0.3 is 9.73 Å². The molecule has 1 aromatic carbocycles. The van der Waals surface area contributed by atoms with Crippen LogP contribution in [0.15, 0.2) is 40.1 Å². The summed E-state index contributed by atoms with van der Waals surface area (Å²) in [6, 6.07) is 9.64. The van der Waals surface area contributed by atoms with E-state index < -0.39 is 0 Å². The summed E-state index contributed by atoms with van der Waals surface area (Å²) >= 11 is 1.45. The predicted molar refractivity (Wildman–Crippen MR) is 79.1 cm³/mol. The van der Waals surface area contributed by atoms with Crippen molar-refractivity contribution in [3.63, 3.8) is 0 Å². The first-order chi connectivity index (χ1) is 9.72. The molecule has 1 N–H and O–H groups in total. The first kappa shape index (κ1) is 12.9. The average molecular weight is 286 g/mol. The first-order valence-corrected chi connectivity index (χ1v) is 7.28. The number of amides is 1. The fourth-order valence-corrected chi connectivity index (χ4v) is 2.70. The number of nitrogens with one attached hydrogen (secondary N) is 1. The molecule has 0 aliphatic rings. The molecule has 0 aliphatic carbocycles. The molecule has 0 spiro atoms. The average Bonchev–Trinajstić information content (AvgIpc) is 3.05. The van der Waals surface area contributed by atoms with Crippen molar-refractivity contribution in [3.05, 3.63) is 52.0 Å². The maximum atomic E-state index is 11.8. The molecule has 0 fully saturated rings. The number of nitrogens with zero attached hydrogens (tertiary/aromatic N) is 1. The van der Waals surface area contributed by atoms with E-state index in [1.54, 1.807) is 0 Å². The number of carbonyl (C=O) groups is 1. The van der Waals surface area contributed by atoms with Gasteiger partial charge in [-0.3, -0.25) is 4.79 Å². The second kappa shape index (κ2) is 5.46. The number of rotatable bonds is 4. The van der Waals surface area contributed by atoms with Gasteiger partial charge in [0.05, 0.1) is 4.88 Å². The number of fused-ring (bicyclic) bond motifs is 1. The zero-order valence-electron chi connectivity index (χ0n) is 11.1. The van der Waals surface area contributed by atoms with Crippen molar-refractivity contribution >= 4 is 28.3 Å². The number of hydrogen-bond donors (Lipinski definition) is 1. The molecule has 0 aliphatic heterocycles. The first-order valence-electron chi connectivity index (χ1n) is 6.40. The molecule has 3 aromatic rings. The molecule has 20 heavy (non-hydrogen) atoms. The van der Waals surface area contributed by atoms with Crippen LogP contribution >= 0.6 is 11.3 Å². The number of oxazole rings is 1. The summed E-state index contributed by atoms with van der Waals surface area (Å²) in [6.45, 7) is 2.44. The van der Waals surface area contributed by atoms with Gasteiger partial charge in [0.1, 0.15) is 5.52 Å². The number of hydrogen-bond acceptors (Lipinski definition) is 4. The van der Waals surface area contributed by atoms with Crippen molar-refractivity contribution in [2.45, 2.75) is 13.3 Å². The highest BCUT2D eigenvalue weighted by Crippen LogP contribution is 2.17. The zero-order valence-corrected chi connectivity index (χ0v) is 11.9. The van der Waals surface area contributed by atoms with Gasteiger partial charge in [0.25, 0.3) is 5.91 Å². The lowest BCUT2D eigenvalue weighted by molar-refractivity contribution is 0.0958. The van der Waals surface area contributed by atoms with Gasteiger partial charge in [0.2, 0.25) is 0 Å². The summed E-state index contributed by atoms with van der Waals surface area (Å²) in [5, 5.41) is 4.81. The molecular formula is C15H14N2O2S. The normalized spacial score (nSPS) is 10.8. The van der Waals surface area contributed by atoms with Crippen LogP contribution in [0.4, 0.5) is 0 Å². The van der Waals surface area contributed by atoms with Gasteiger partial charge in [-0.15, -0.1) is 11.3 Å².